The van der Waals surface area contributed by atoms with E-state index in [9.17, 15) is 0 Å². The fraction of sp³-hybridized carbons (Fsp3) is 0.500. The van der Waals surface area contributed by atoms with Gasteiger partial charge in [-0.05, 0) is 30.5 Å². The summed E-state index contributed by atoms with van der Waals surface area (Å²) < 4.78 is 5.53. The SMILES string of the molecule is COC1CN(c2ccc(C(N)=S)cc2Cl)CCC1C. The molecule has 0 aromatic heterocycles. The molecule has 0 spiro atoms. The van der Waals surface area contributed by atoms with Crippen LogP contribution in [0.4, 0.5) is 5.69 Å². The highest BCUT2D eigenvalue weighted by Gasteiger charge is 2.27. The summed E-state index contributed by atoms with van der Waals surface area (Å²) >= 11 is 11.3. The van der Waals surface area contributed by atoms with Crippen molar-refractivity contribution in [3.05, 3.63) is 28.8 Å². The van der Waals surface area contributed by atoms with Crippen LogP contribution in [0.25, 0.3) is 0 Å². The average Bonchev–Trinajstić information content (AvgIpc) is 2.39. The van der Waals surface area contributed by atoms with E-state index >= 15 is 0 Å². The molecule has 1 heterocycles. The van der Waals surface area contributed by atoms with Crippen LogP contribution < -0.4 is 10.6 Å². The van der Waals surface area contributed by atoms with Crippen LogP contribution >= 0.6 is 23.8 Å². The number of anilines is 1. The summed E-state index contributed by atoms with van der Waals surface area (Å²) in [6, 6.07) is 5.74. The Hall–Kier alpha value is -0.840. The number of piperidine rings is 1. The van der Waals surface area contributed by atoms with Gasteiger partial charge in [-0.25, -0.2) is 0 Å². The summed E-state index contributed by atoms with van der Waals surface area (Å²) in [5, 5.41) is 0.690. The molecule has 2 atom stereocenters. The van der Waals surface area contributed by atoms with Crippen molar-refractivity contribution in [2.24, 2.45) is 11.7 Å². The smallest absolute Gasteiger partial charge is 0.104 e. The third-order valence-corrected chi connectivity index (χ3v) is 4.30. The van der Waals surface area contributed by atoms with Crippen LogP contribution in [-0.2, 0) is 4.74 Å². The number of nitrogens with zero attached hydrogens (tertiary/aromatic N) is 1. The molecule has 1 aromatic rings. The molecule has 1 aromatic carbocycles. The van der Waals surface area contributed by atoms with E-state index in [1.807, 2.05) is 18.2 Å². The summed E-state index contributed by atoms with van der Waals surface area (Å²) in [6.07, 6.45) is 1.35. The Balaban J connectivity index is 2.20. The van der Waals surface area contributed by atoms with Crippen molar-refractivity contribution in [3.63, 3.8) is 0 Å². The Labute approximate surface area is 124 Å². The first-order valence-corrected chi connectivity index (χ1v) is 7.18. The summed E-state index contributed by atoms with van der Waals surface area (Å²) in [6.45, 7) is 4.08. The van der Waals surface area contributed by atoms with Crippen molar-refractivity contribution >= 4 is 34.5 Å². The molecule has 5 heteroatoms. The van der Waals surface area contributed by atoms with Gasteiger partial charge in [-0.3, -0.25) is 0 Å². The van der Waals surface area contributed by atoms with Crippen molar-refractivity contribution in [3.8, 4) is 0 Å². The molecule has 1 aliphatic heterocycles. The summed E-state index contributed by atoms with van der Waals surface area (Å²) in [5.41, 5.74) is 7.44. The molecule has 0 radical (unpaired) electrons. The zero-order valence-corrected chi connectivity index (χ0v) is 12.8. The molecular formula is C14H19ClN2OS. The van der Waals surface area contributed by atoms with Crippen molar-refractivity contribution in [2.45, 2.75) is 19.4 Å². The first kappa shape index (κ1) is 14.6. The predicted octanol–water partition coefficient (Wildman–Crippen LogP) is 2.84. The van der Waals surface area contributed by atoms with Gasteiger partial charge in [0.1, 0.15) is 4.99 Å². The van der Waals surface area contributed by atoms with Crippen LogP contribution in [0.15, 0.2) is 18.2 Å². The molecule has 2 unspecified atom stereocenters. The third kappa shape index (κ3) is 3.19. The quantitative estimate of drug-likeness (QED) is 0.871. The molecule has 2 rings (SSSR count). The van der Waals surface area contributed by atoms with Gasteiger partial charge in [0, 0.05) is 25.8 Å². The fourth-order valence-corrected chi connectivity index (χ4v) is 2.90. The first-order valence-electron chi connectivity index (χ1n) is 6.40. The van der Waals surface area contributed by atoms with Crippen molar-refractivity contribution in [1.82, 2.24) is 0 Å². The Bertz CT molecular complexity index is 481. The lowest BCUT2D eigenvalue weighted by molar-refractivity contribution is 0.0498. The number of methoxy groups -OCH3 is 1. The number of hydrogen-bond acceptors (Lipinski definition) is 3. The van der Waals surface area contributed by atoms with Crippen LogP contribution in [-0.4, -0.2) is 31.3 Å². The van der Waals surface area contributed by atoms with Gasteiger partial charge in [0.15, 0.2) is 0 Å². The minimum absolute atomic E-state index is 0.250. The first-order chi connectivity index (χ1) is 9.02. The second kappa shape index (κ2) is 6.07. The molecule has 0 amide bonds. The van der Waals surface area contributed by atoms with Gasteiger partial charge >= 0.3 is 0 Å². The molecule has 19 heavy (non-hydrogen) atoms. The van der Waals surface area contributed by atoms with Crippen LogP contribution in [0, 0.1) is 5.92 Å². The molecule has 0 bridgehead atoms. The number of halogens is 1. The van der Waals surface area contributed by atoms with E-state index in [1.165, 1.54) is 0 Å². The standard InChI is InChI=1S/C14H19ClN2OS/c1-9-5-6-17(8-13(9)18-2)12-4-3-10(14(16)19)7-11(12)15/h3-4,7,9,13H,5-6,8H2,1-2H3,(H2,16,19). The molecule has 0 aliphatic carbocycles. The highest BCUT2D eigenvalue weighted by atomic mass is 35.5. The monoisotopic (exact) mass is 298 g/mol. The third-order valence-electron chi connectivity index (χ3n) is 3.77. The zero-order valence-electron chi connectivity index (χ0n) is 11.2. The van der Waals surface area contributed by atoms with E-state index in [0.717, 1.165) is 30.8 Å². The Morgan fingerprint density at radius 1 is 1.53 bits per heavy atom. The van der Waals surface area contributed by atoms with E-state index < -0.39 is 0 Å². The van der Waals surface area contributed by atoms with Crippen molar-refractivity contribution < 1.29 is 4.74 Å². The Morgan fingerprint density at radius 3 is 2.84 bits per heavy atom. The Morgan fingerprint density at radius 2 is 2.26 bits per heavy atom. The van der Waals surface area contributed by atoms with Gasteiger partial charge in [0.2, 0.25) is 0 Å². The zero-order chi connectivity index (χ0) is 14.0. The fourth-order valence-electron chi connectivity index (χ4n) is 2.48. The van der Waals surface area contributed by atoms with Crippen LogP contribution in [0.3, 0.4) is 0 Å². The topological polar surface area (TPSA) is 38.5 Å². The second-order valence-corrected chi connectivity index (χ2v) is 5.86. The highest BCUT2D eigenvalue weighted by molar-refractivity contribution is 7.80. The lowest BCUT2D eigenvalue weighted by Gasteiger charge is -2.38. The van der Waals surface area contributed by atoms with Gasteiger partial charge < -0.3 is 15.4 Å². The van der Waals surface area contributed by atoms with Gasteiger partial charge in [-0.1, -0.05) is 30.7 Å². The maximum Gasteiger partial charge on any atom is 0.104 e. The van der Waals surface area contributed by atoms with Gasteiger partial charge in [-0.15, -0.1) is 0 Å². The summed E-state index contributed by atoms with van der Waals surface area (Å²) in [4.78, 5) is 2.63. The maximum absolute atomic E-state index is 6.34. The number of rotatable bonds is 3. The largest absolute Gasteiger partial charge is 0.389 e. The van der Waals surface area contributed by atoms with Crippen LogP contribution in [0.1, 0.15) is 18.9 Å². The predicted molar refractivity (Wildman–Crippen MR) is 84.1 cm³/mol. The maximum atomic E-state index is 6.34. The Kier molecular flexibility index (Phi) is 4.66. The number of hydrogen-bond donors (Lipinski definition) is 1. The van der Waals surface area contributed by atoms with Gasteiger partial charge in [0.05, 0.1) is 16.8 Å². The van der Waals surface area contributed by atoms with Crippen molar-refractivity contribution in [2.75, 3.05) is 25.1 Å². The van der Waals surface area contributed by atoms with E-state index in [4.69, 9.17) is 34.3 Å². The molecule has 104 valence electrons. The number of ether oxygens (including phenoxy) is 1. The summed E-state index contributed by atoms with van der Waals surface area (Å²) in [7, 11) is 1.77. The molecular weight excluding hydrogens is 280 g/mol. The molecule has 1 fully saturated rings. The van der Waals surface area contributed by atoms with E-state index in [2.05, 4.69) is 11.8 Å². The van der Waals surface area contributed by atoms with E-state index in [-0.39, 0.29) is 6.10 Å². The lowest BCUT2D eigenvalue weighted by Crippen LogP contribution is -2.44. The minimum atomic E-state index is 0.250. The van der Waals surface area contributed by atoms with Gasteiger partial charge in [-0.2, -0.15) is 0 Å². The molecule has 0 saturated carbocycles. The molecule has 1 aliphatic rings. The lowest BCUT2D eigenvalue weighted by atomic mass is 9.95. The second-order valence-electron chi connectivity index (χ2n) is 5.02. The molecule has 3 nitrogen and oxygen atoms in total. The average molecular weight is 299 g/mol. The normalized spacial score (nSPS) is 23.4. The van der Waals surface area contributed by atoms with E-state index in [1.54, 1.807) is 7.11 Å². The van der Waals surface area contributed by atoms with E-state index in [0.29, 0.717) is 15.9 Å². The van der Waals surface area contributed by atoms with Crippen LogP contribution in [0.5, 0.6) is 0 Å². The minimum Gasteiger partial charge on any atom is -0.389 e. The number of nitrogens with two attached hydrogens (primary N) is 1. The highest BCUT2D eigenvalue weighted by Crippen LogP contribution is 2.31. The van der Waals surface area contributed by atoms with Crippen LogP contribution in [0.2, 0.25) is 5.02 Å². The molecule has 2 N–H and O–H groups in total. The van der Waals surface area contributed by atoms with Crippen molar-refractivity contribution in [1.29, 1.82) is 0 Å². The number of thiocarbonyl (C=S) groups is 1. The number of benzene rings is 1. The van der Waals surface area contributed by atoms with Gasteiger partial charge in [0.25, 0.3) is 0 Å². The summed E-state index contributed by atoms with van der Waals surface area (Å²) in [5.74, 6) is 0.580. The molecule has 1 saturated heterocycles.